The fraction of sp³-hybridized carbons (Fsp3) is 0.188. The van der Waals surface area contributed by atoms with Gasteiger partial charge in [-0.15, -0.1) is 0 Å². The van der Waals surface area contributed by atoms with Gasteiger partial charge in [0, 0.05) is 18.8 Å². The predicted octanol–water partition coefficient (Wildman–Crippen LogP) is 3.44. The van der Waals surface area contributed by atoms with Crippen LogP contribution < -0.4 is 10.6 Å². The summed E-state index contributed by atoms with van der Waals surface area (Å²) in [5.74, 6) is 2.60. The van der Waals surface area contributed by atoms with Crippen molar-refractivity contribution in [3.63, 3.8) is 0 Å². The van der Waals surface area contributed by atoms with Gasteiger partial charge in [0.15, 0.2) is 5.82 Å². The van der Waals surface area contributed by atoms with Crippen molar-refractivity contribution in [3.8, 4) is 0 Å². The molecule has 112 valence electrons. The largest absolute Gasteiger partial charge is 0.360 e. The second-order valence-electron chi connectivity index (χ2n) is 4.99. The fourth-order valence-electron chi connectivity index (χ4n) is 2.05. The maximum absolute atomic E-state index is 5.01. The van der Waals surface area contributed by atoms with E-state index in [1.807, 2.05) is 25.1 Å². The molecule has 2 aromatic heterocycles. The molecule has 3 rings (SSSR count). The third-order valence-electron chi connectivity index (χ3n) is 3.24. The first-order valence-electron chi connectivity index (χ1n) is 7.02. The molecule has 0 fully saturated rings. The van der Waals surface area contributed by atoms with Crippen LogP contribution >= 0.6 is 0 Å². The maximum Gasteiger partial charge on any atom is 0.224 e. The van der Waals surface area contributed by atoms with Gasteiger partial charge in [0.2, 0.25) is 5.95 Å². The second-order valence-corrected chi connectivity index (χ2v) is 4.99. The molecule has 0 aliphatic heterocycles. The van der Waals surface area contributed by atoms with E-state index in [1.165, 1.54) is 11.1 Å². The topological polar surface area (TPSA) is 75.9 Å². The van der Waals surface area contributed by atoms with E-state index in [4.69, 9.17) is 4.52 Å². The van der Waals surface area contributed by atoms with Gasteiger partial charge in [-0.3, -0.25) is 0 Å². The predicted molar refractivity (Wildman–Crippen MR) is 85.1 cm³/mol. The molecule has 6 heteroatoms. The van der Waals surface area contributed by atoms with Crippen LogP contribution in [0.4, 0.5) is 17.6 Å². The number of aryl methyl sites for hydroxylation is 2. The van der Waals surface area contributed by atoms with E-state index in [0.29, 0.717) is 24.1 Å². The number of nitrogens with zero attached hydrogens (tertiary/aromatic N) is 3. The molecule has 0 saturated carbocycles. The third kappa shape index (κ3) is 3.41. The van der Waals surface area contributed by atoms with Crippen molar-refractivity contribution in [2.24, 2.45) is 0 Å². The molecule has 3 aromatic rings. The van der Waals surface area contributed by atoms with E-state index in [-0.39, 0.29) is 0 Å². The van der Waals surface area contributed by atoms with E-state index in [2.05, 4.69) is 44.8 Å². The number of aromatic nitrogens is 3. The van der Waals surface area contributed by atoms with Crippen molar-refractivity contribution in [1.29, 1.82) is 0 Å². The summed E-state index contributed by atoms with van der Waals surface area (Å²) in [5.41, 5.74) is 2.46. The van der Waals surface area contributed by atoms with Crippen molar-refractivity contribution in [2.75, 3.05) is 10.6 Å². The molecule has 0 aliphatic carbocycles. The van der Waals surface area contributed by atoms with Crippen molar-refractivity contribution in [1.82, 2.24) is 15.1 Å². The van der Waals surface area contributed by atoms with E-state index in [0.717, 1.165) is 5.76 Å². The van der Waals surface area contributed by atoms with Crippen molar-refractivity contribution in [2.45, 2.75) is 20.4 Å². The molecule has 0 amide bonds. The van der Waals surface area contributed by atoms with E-state index in [9.17, 15) is 0 Å². The molecule has 0 bridgehead atoms. The van der Waals surface area contributed by atoms with Gasteiger partial charge in [-0.05, 0) is 31.0 Å². The first-order chi connectivity index (χ1) is 10.7. The second kappa shape index (κ2) is 6.26. The Morgan fingerprint density at radius 3 is 2.73 bits per heavy atom. The molecule has 6 nitrogen and oxygen atoms in total. The van der Waals surface area contributed by atoms with Gasteiger partial charge in [0.05, 0.1) is 0 Å². The Balaban J connectivity index is 1.67. The zero-order valence-electron chi connectivity index (χ0n) is 12.5. The lowest BCUT2D eigenvalue weighted by atomic mass is 10.1. The van der Waals surface area contributed by atoms with Crippen LogP contribution in [0.25, 0.3) is 0 Å². The summed E-state index contributed by atoms with van der Waals surface area (Å²) in [6.07, 6.45) is 1.70. The van der Waals surface area contributed by atoms with Gasteiger partial charge in [0.25, 0.3) is 0 Å². The van der Waals surface area contributed by atoms with Gasteiger partial charge < -0.3 is 15.2 Å². The van der Waals surface area contributed by atoms with Crippen molar-refractivity contribution < 1.29 is 4.52 Å². The summed E-state index contributed by atoms with van der Waals surface area (Å²) >= 11 is 0. The van der Waals surface area contributed by atoms with Crippen molar-refractivity contribution >= 4 is 17.6 Å². The molecular formula is C16H17N5O. The normalized spacial score (nSPS) is 10.5. The summed E-state index contributed by atoms with van der Waals surface area (Å²) in [6, 6.07) is 11.8. The van der Waals surface area contributed by atoms with Gasteiger partial charge >= 0.3 is 0 Å². The van der Waals surface area contributed by atoms with E-state index in [1.54, 1.807) is 12.3 Å². The van der Waals surface area contributed by atoms with Crippen LogP contribution in [0.15, 0.2) is 47.1 Å². The number of benzene rings is 1. The Morgan fingerprint density at radius 1 is 1.09 bits per heavy atom. The highest BCUT2D eigenvalue weighted by Gasteiger charge is 2.04. The van der Waals surface area contributed by atoms with Crippen LogP contribution in [0.5, 0.6) is 0 Å². The minimum absolute atomic E-state index is 0.563. The average molecular weight is 295 g/mol. The van der Waals surface area contributed by atoms with Gasteiger partial charge in [-0.1, -0.05) is 29.4 Å². The highest BCUT2D eigenvalue weighted by Crippen LogP contribution is 2.15. The zero-order valence-corrected chi connectivity index (χ0v) is 12.5. The molecule has 22 heavy (non-hydrogen) atoms. The van der Waals surface area contributed by atoms with Crippen molar-refractivity contribution in [3.05, 3.63) is 59.5 Å². The highest BCUT2D eigenvalue weighted by molar-refractivity contribution is 5.52. The molecule has 2 heterocycles. The lowest BCUT2D eigenvalue weighted by molar-refractivity contribution is 0.400. The zero-order chi connectivity index (χ0) is 15.4. The summed E-state index contributed by atoms with van der Waals surface area (Å²) in [4.78, 5) is 8.63. The van der Waals surface area contributed by atoms with E-state index >= 15 is 0 Å². The molecule has 1 aromatic carbocycles. The standard InChI is InChI=1S/C16H17N5O/c1-11-5-3-4-6-13(11)10-18-16-17-8-7-14(20-16)19-15-9-12(2)22-21-15/h3-9H,10H2,1-2H3,(H2,17,18,19,20,21). The summed E-state index contributed by atoms with van der Waals surface area (Å²) in [7, 11) is 0. The number of hydrogen-bond acceptors (Lipinski definition) is 6. The number of nitrogens with one attached hydrogen (secondary N) is 2. The first kappa shape index (κ1) is 14.1. The van der Waals surface area contributed by atoms with Crippen LogP contribution in [0, 0.1) is 13.8 Å². The minimum Gasteiger partial charge on any atom is -0.360 e. The van der Waals surface area contributed by atoms with Crippen LogP contribution in [0.1, 0.15) is 16.9 Å². The van der Waals surface area contributed by atoms with E-state index < -0.39 is 0 Å². The lowest BCUT2D eigenvalue weighted by Crippen LogP contribution is -2.06. The monoisotopic (exact) mass is 295 g/mol. The smallest absolute Gasteiger partial charge is 0.224 e. The Hall–Kier alpha value is -2.89. The molecule has 0 radical (unpaired) electrons. The molecular weight excluding hydrogens is 278 g/mol. The Kier molecular flexibility index (Phi) is 4.00. The highest BCUT2D eigenvalue weighted by atomic mass is 16.5. The molecule has 0 aliphatic rings. The Morgan fingerprint density at radius 2 is 1.95 bits per heavy atom. The first-order valence-corrected chi connectivity index (χ1v) is 7.02. The quantitative estimate of drug-likeness (QED) is 0.751. The lowest BCUT2D eigenvalue weighted by Gasteiger charge is -2.08. The van der Waals surface area contributed by atoms with Crippen LogP contribution in [-0.2, 0) is 6.54 Å². The Labute approximate surface area is 128 Å². The number of rotatable bonds is 5. The summed E-state index contributed by atoms with van der Waals surface area (Å²) in [6.45, 7) is 4.61. The molecule has 0 spiro atoms. The van der Waals surface area contributed by atoms with Crippen LogP contribution in [0.3, 0.4) is 0 Å². The molecule has 0 atom stereocenters. The van der Waals surface area contributed by atoms with Crippen LogP contribution in [-0.4, -0.2) is 15.1 Å². The third-order valence-corrected chi connectivity index (χ3v) is 3.24. The molecule has 0 unspecified atom stereocenters. The summed E-state index contributed by atoms with van der Waals surface area (Å²) in [5, 5.41) is 10.2. The number of hydrogen-bond donors (Lipinski definition) is 2. The molecule has 0 saturated heterocycles. The number of anilines is 3. The fourth-order valence-corrected chi connectivity index (χ4v) is 2.05. The average Bonchev–Trinajstić information content (AvgIpc) is 2.92. The van der Waals surface area contributed by atoms with Crippen LogP contribution in [0.2, 0.25) is 0 Å². The maximum atomic E-state index is 5.01. The SMILES string of the molecule is Cc1cc(Nc2ccnc(NCc3ccccc3C)n2)no1. The minimum atomic E-state index is 0.563. The van der Waals surface area contributed by atoms with Gasteiger partial charge in [-0.2, -0.15) is 4.98 Å². The van der Waals surface area contributed by atoms with Gasteiger partial charge in [0.1, 0.15) is 11.6 Å². The molecule has 2 N–H and O–H groups in total. The summed E-state index contributed by atoms with van der Waals surface area (Å²) < 4.78 is 5.01. The Bertz CT molecular complexity index is 768. The van der Waals surface area contributed by atoms with Gasteiger partial charge in [-0.25, -0.2) is 4.98 Å².